The van der Waals surface area contributed by atoms with Crippen molar-refractivity contribution in [3.63, 3.8) is 0 Å². The summed E-state index contributed by atoms with van der Waals surface area (Å²) in [4.78, 5) is 13.1. The van der Waals surface area contributed by atoms with Gasteiger partial charge < -0.3 is 19.3 Å². The lowest BCUT2D eigenvalue weighted by molar-refractivity contribution is 0.103. The monoisotopic (exact) mass is 340 g/mol. The van der Waals surface area contributed by atoms with E-state index in [0.29, 0.717) is 42.9 Å². The summed E-state index contributed by atoms with van der Waals surface area (Å²) in [7, 11) is 1.57. The second kappa shape index (κ2) is 6.50. The van der Waals surface area contributed by atoms with Crippen LogP contribution in [0.4, 0.5) is 0 Å². The molecule has 130 valence electrons. The Kier molecular flexibility index (Phi) is 4.19. The van der Waals surface area contributed by atoms with Gasteiger partial charge in [-0.15, -0.1) is 0 Å². The first-order valence-corrected chi connectivity index (χ1v) is 8.42. The number of ether oxygens (including phenoxy) is 3. The predicted molar refractivity (Wildman–Crippen MR) is 91.4 cm³/mol. The molecular formula is C20H20O5. The van der Waals surface area contributed by atoms with Crippen molar-refractivity contribution < 1.29 is 24.1 Å². The molecule has 5 nitrogen and oxygen atoms in total. The molecule has 2 aromatic rings. The summed E-state index contributed by atoms with van der Waals surface area (Å²) >= 11 is 0. The van der Waals surface area contributed by atoms with Crippen molar-refractivity contribution in [2.75, 3.05) is 20.3 Å². The van der Waals surface area contributed by atoms with Gasteiger partial charge in [0.1, 0.15) is 11.5 Å². The van der Waals surface area contributed by atoms with Gasteiger partial charge in [-0.3, -0.25) is 4.79 Å². The maximum atomic E-state index is 13.1. The van der Waals surface area contributed by atoms with Crippen LogP contribution in [0.25, 0.3) is 0 Å². The molecule has 0 aliphatic carbocycles. The van der Waals surface area contributed by atoms with Gasteiger partial charge in [0.2, 0.25) is 0 Å². The first kappa shape index (κ1) is 16.1. The fourth-order valence-corrected chi connectivity index (χ4v) is 3.18. The lowest BCUT2D eigenvalue weighted by Crippen LogP contribution is -2.13. The fourth-order valence-electron chi connectivity index (χ4n) is 3.18. The lowest BCUT2D eigenvalue weighted by Gasteiger charge is -2.18. The maximum absolute atomic E-state index is 13.1. The summed E-state index contributed by atoms with van der Waals surface area (Å²) in [6.45, 7) is 1.39. The van der Waals surface area contributed by atoms with E-state index in [2.05, 4.69) is 0 Å². The molecule has 0 saturated carbocycles. The Morgan fingerprint density at radius 2 is 1.72 bits per heavy atom. The van der Waals surface area contributed by atoms with Gasteiger partial charge in [-0.1, -0.05) is 30.3 Å². The van der Waals surface area contributed by atoms with Crippen molar-refractivity contribution in [1.82, 2.24) is 0 Å². The van der Waals surface area contributed by atoms with Crippen LogP contribution in [0.2, 0.25) is 0 Å². The largest absolute Gasteiger partial charge is 0.507 e. The Balaban J connectivity index is 1.84. The van der Waals surface area contributed by atoms with Gasteiger partial charge in [0.15, 0.2) is 5.78 Å². The Bertz CT molecular complexity index is 791. The van der Waals surface area contributed by atoms with E-state index in [1.165, 1.54) is 6.07 Å². The number of hydrogen-bond acceptors (Lipinski definition) is 5. The molecule has 2 heterocycles. The fraction of sp³-hybridized carbons (Fsp3) is 0.350. The number of ketones is 1. The van der Waals surface area contributed by atoms with Crippen molar-refractivity contribution in [3.8, 4) is 11.5 Å². The normalized spacial score (nSPS) is 21.0. The number of phenols is 1. The van der Waals surface area contributed by atoms with Crippen LogP contribution in [0.5, 0.6) is 11.5 Å². The highest BCUT2D eigenvalue weighted by atomic mass is 16.6. The summed E-state index contributed by atoms with van der Waals surface area (Å²) in [6.07, 6.45) is 1.49. The van der Waals surface area contributed by atoms with E-state index >= 15 is 0 Å². The summed E-state index contributed by atoms with van der Waals surface area (Å²) in [5.41, 5.74) is 2.63. The number of benzene rings is 2. The van der Waals surface area contributed by atoms with E-state index in [1.807, 2.05) is 18.2 Å². The first-order chi connectivity index (χ1) is 12.2. The summed E-state index contributed by atoms with van der Waals surface area (Å²) in [5, 5.41) is 10.6. The predicted octanol–water partition coefficient (Wildman–Crippen LogP) is 2.51. The number of carbonyl (C=O) groups excluding carboxylic acids is 1. The Morgan fingerprint density at radius 1 is 1.12 bits per heavy atom. The number of carbonyl (C=O) groups is 1. The summed E-state index contributed by atoms with van der Waals surface area (Å²) in [6, 6.07) is 10.5. The molecule has 0 radical (unpaired) electrons. The molecule has 2 aromatic carbocycles. The Morgan fingerprint density at radius 3 is 2.28 bits per heavy atom. The quantitative estimate of drug-likeness (QED) is 0.619. The third-order valence-corrected chi connectivity index (χ3v) is 4.64. The molecule has 4 rings (SSSR count). The molecule has 2 saturated heterocycles. The third-order valence-electron chi connectivity index (χ3n) is 4.64. The van der Waals surface area contributed by atoms with Gasteiger partial charge in [-0.2, -0.15) is 0 Å². The first-order valence-electron chi connectivity index (χ1n) is 8.42. The van der Waals surface area contributed by atoms with E-state index in [1.54, 1.807) is 19.2 Å². The molecule has 0 amide bonds. The Labute approximate surface area is 146 Å². The molecule has 2 aliphatic rings. The highest BCUT2D eigenvalue weighted by Gasteiger charge is 2.33. The zero-order valence-electron chi connectivity index (χ0n) is 14.0. The van der Waals surface area contributed by atoms with Gasteiger partial charge >= 0.3 is 0 Å². The number of aromatic hydroxyl groups is 1. The third kappa shape index (κ3) is 3.38. The van der Waals surface area contributed by atoms with Crippen LogP contribution in [0.1, 0.15) is 27.0 Å². The SMILES string of the molecule is COc1cc(O)c(C(=O)c2ccccc2)c(CC2CO2)c1CC1CO1. The molecular weight excluding hydrogens is 320 g/mol. The molecule has 0 spiro atoms. The van der Waals surface area contributed by atoms with Crippen molar-refractivity contribution >= 4 is 5.78 Å². The number of epoxide rings is 2. The van der Waals surface area contributed by atoms with E-state index in [0.717, 1.165) is 11.1 Å². The molecule has 2 atom stereocenters. The number of hydrogen-bond donors (Lipinski definition) is 1. The van der Waals surface area contributed by atoms with Gasteiger partial charge in [0.05, 0.1) is 38.1 Å². The second-order valence-electron chi connectivity index (χ2n) is 6.44. The van der Waals surface area contributed by atoms with Crippen LogP contribution in [-0.2, 0) is 22.3 Å². The summed E-state index contributed by atoms with van der Waals surface area (Å²) < 4.78 is 16.2. The van der Waals surface area contributed by atoms with Crippen molar-refractivity contribution in [2.45, 2.75) is 25.0 Å². The van der Waals surface area contributed by atoms with Gasteiger partial charge in [-0.05, 0) is 5.56 Å². The minimum atomic E-state index is -0.186. The Hall–Kier alpha value is -2.37. The minimum Gasteiger partial charge on any atom is -0.507 e. The van der Waals surface area contributed by atoms with E-state index in [9.17, 15) is 9.90 Å². The molecule has 2 fully saturated rings. The van der Waals surface area contributed by atoms with Crippen LogP contribution in [0.3, 0.4) is 0 Å². The van der Waals surface area contributed by atoms with E-state index in [-0.39, 0.29) is 23.7 Å². The smallest absolute Gasteiger partial charge is 0.197 e. The molecule has 1 N–H and O–H groups in total. The average Bonchev–Trinajstić information content (AvgIpc) is 3.53. The zero-order chi connectivity index (χ0) is 17.4. The van der Waals surface area contributed by atoms with Crippen LogP contribution < -0.4 is 4.74 Å². The average molecular weight is 340 g/mol. The van der Waals surface area contributed by atoms with E-state index in [4.69, 9.17) is 14.2 Å². The zero-order valence-corrected chi connectivity index (χ0v) is 14.0. The second-order valence-corrected chi connectivity index (χ2v) is 6.44. The van der Waals surface area contributed by atoms with Crippen LogP contribution in [-0.4, -0.2) is 43.4 Å². The molecule has 0 aromatic heterocycles. The van der Waals surface area contributed by atoms with Crippen molar-refractivity contribution in [2.24, 2.45) is 0 Å². The topological polar surface area (TPSA) is 71.6 Å². The highest BCUT2D eigenvalue weighted by Crippen LogP contribution is 2.38. The van der Waals surface area contributed by atoms with Crippen LogP contribution >= 0.6 is 0 Å². The molecule has 5 heteroatoms. The standard InChI is InChI=1S/C20H20O5/c1-23-18-9-17(21)19(20(22)12-5-3-2-4-6-12)16(8-14-11-25-14)15(18)7-13-10-24-13/h2-6,9,13-14,21H,7-8,10-11H2,1H3. The number of rotatable bonds is 7. The highest BCUT2D eigenvalue weighted by molar-refractivity contribution is 6.12. The van der Waals surface area contributed by atoms with Crippen molar-refractivity contribution in [1.29, 1.82) is 0 Å². The molecule has 2 unspecified atom stereocenters. The minimum absolute atomic E-state index is 0.0539. The lowest BCUT2D eigenvalue weighted by atomic mass is 9.88. The molecule has 25 heavy (non-hydrogen) atoms. The van der Waals surface area contributed by atoms with Gasteiger partial charge in [-0.25, -0.2) is 0 Å². The number of phenolic OH excluding ortho intramolecular Hbond substituents is 1. The molecule has 2 aliphatic heterocycles. The van der Waals surface area contributed by atoms with Crippen LogP contribution in [0.15, 0.2) is 36.4 Å². The van der Waals surface area contributed by atoms with Gasteiger partial charge in [0.25, 0.3) is 0 Å². The van der Waals surface area contributed by atoms with E-state index < -0.39 is 0 Å². The van der Waals surface area contributed by atoms with Gasteiger partial charge in [0, 0.05) is 30.0 Å². The molecule has 0 bridgehead atoms. The van der Waals surface area contributed by atoms with Crippen LogP contribution in [0, 0.1) is 0 Å². The maximum Gasteiger partial charge on any atom is 0.197 e. The number of methoxy groups -OCH3 is 1. The summed E-state index contributed by atoms with van der Waals surface area (Å²) in [5.74, 6) is 0.351. The van der Waals surface area contributed by atoms with Crippen molar-refractivity contribution in [3.05, 3.63) is 58.7 Å².